The summed E-state index contributed by atoms with van der Waals surface area (Å²) in [6.45, 7) is 2.28. The lowest BCUT2D eigenvalue weighted by Gasteiger charge is -2.21. The third kappa shape index (κ3) is 4.43. The standard InChI is InChI=1S/C17H19N5O2/c1-13(8-10-18)21(2)17(24)16(23)19-15-9-11-22(20-15)12-14-6-4-3-5-7-14/h3-7,9,11,13H,8,12H2,1-2H3,(H,19,20,23)/t13-/m0/s1. The number of amides is 2. The molecule has 0 bridgehead atoms. The maximum atomic E-state index is 12.0. The molecule has 7 heteroatoms. The lowest BCUT2D eigenvalue weighted by atomic mass is 10.2. The summed E-state index contributed by atoms with van der Waals surface area (Å²) in [5, 5.41) is 15.4. The number of hydrogen-bond donors (Lipinski definition) is 1. The molecule has 0 saturated heterocycles. The molecule has 7 nitrogen and oxygen atoms in total. The minimum absolute atomic E-state index is 0.168. The quantitative estimate of drug-likeness (QED) is 0.846. The maximum Gasteiger partial charge on any atom is 0.315 e. The molecule has 0 aliphatic carbocycles. The van der Waals surface area contributed by atoms with Crippen molar-refractivity contribution in [3.8, 4) is 6.07 Å². The van der Waals surface area contributed by atoms with E-state index in [1.165, 1.54) is 11.9 Å². The Kier molecular flexibility index (Phi) is 5.68. The zero-order chi connectivity index (χ0) is 17.5. The number of rotatable bonds is 5. The number of nitrogens with one attached hydrogen (secondary N) is 1. The van der Waals surface area contributed by atoms with Gasteiger partial charge in [0.15, 0.2) is 5.82 Å². The highest BCUT2D eigenvalue weighted by Gasteiger charge is 2.23. The third-order valence-corrected chi connectivity index (χ3v) is 3.63. The van der Waals surface area contributed by atoms with Crippen LogP contribution in [0, 0.1) is 11.3 Å². The van der Waals surface area contributed by atoms with Gasteiger partial charge in [-0.2, -0.15) is 10.4 Å². The summed E-state index contributed by atoms with van der Waals surface area (Å²) in [5.74, 6) is -1.16. The van der Waals surface area contributed by atoms with Gasteiger partial charge >= 0.3 is 11.8 Å². The van der Waals surface area contributed by atoms with E-state index in [4.69, 9.17) is 5.26 Å². The van der Waals surface area contributed by atoms with Gasteiger partial charge in [0.2, 0.25) is 0 Å². The molecule has 1 heterocycles. The SMILES string of the molecule is C[C@@H](CC#N)N(C)C(=O)C(=O)Nc1ccn(Cc2ccccc2)n1. The lowest BCUT2D eigenvalue weighted by Crippen LogP contribution is -2.42. The summed E-state index contributed by atoms with van der Waals surface area (Å²) in [6, 6.07) is 13.1. The molecular weight excluding hydrogens is 306 g/mol. The van der Waals surface area contributed by atoms with Crippen LogP contribution in [-0.2, 0) is 16.1 Å². The van der Waals surface area contributed by atoms with Crippen LogP contribution in [0.25, 0.3) is 0 Å². The Morgan fingerprint density at radius 1 is 1.33 bits per heavy atom. The molecule has 1 atom stereocenters. The second-order valence-electron chi connectivity index (χ2n) is 5.47. The van der Waals surface area contributed by atoms with Gasteiger partial charge in [-0.05, 0) is 12.5 Å². The largest absolute Gasteiger partial charge is 0.334 e. The second-order valence-corrected chi connectivity index (χ2v) is 5.47. The van der Waals surface area contributed by atoms with E-state index in [1.807, 2.05) is 36.4 Å². The number of anilines is 1. The van der Waals surface area contributed by atoms with Crippen LogP contribution in [0.2, 0.25) is 0 Å². The molecule has 24 heavy (non-hydrogen) atoms. The fourth-order valence-corrected chi connectivity index (χ4v) is 2.09. The number of nitrogens with zero attached hydrogens (tertiary/aromatic N) is 4. The van der Waals surface area contributed by atoms with Gasteiger partial charge in [0.05, 0.1) is 19.0 Å². The fourth-order valence-electron chi connectivity index (χ4n) is 2.09. The van der Waals surface area contributed by atoms with E-state index in [0.717, 1.165) is 5.56 Å². The van der Waals surface area contributed by atoms with Crippen molar-refractivity contribution in [2.24, 2.45) is 0 Å². The number of hydrogen-bond acceptors (Lipinski definition) is 4. The smallest absolute Gasteiger partial charge is 0.315 e. The van der Waals surface area contributed by atoms with E-state index >= 15 is 0 Å². The average molecular weight is 325 g/mol. The van der Waals surface area contributed by atoms with Crippen LogP contribution in [-0.4, -0.2) is 39.6 Å². The predicted molar refractivity (Wildman–Crippen MR) is 88.9 cm³/mol. The van der Waals surface area contributed by atoms with Crippen LogP contribution in [0.1, 0.15) is 18.9 Å². The van der Waals surface area contributed by atoms with Gasteiger partial charge in [0, 0.05) is 25.4 Å². The number of benzene rings is 1. The summed E-state index contributed by atoms with van der Waals surface area (Å²) >= 11 is 0. The first-order valence-electron chi connectivity index (χ1n) is 7.53. The normalized spacial score (nSPS) is 11.4. The zero-order valence-corrected chi connectivity index (χ0v) is 13.6. The van der Waals surface area contributed by atoms with Crippen molar-refractivity contribution in [1.82, 2.24) is 14.7 Å². The number of carbonyl (C=O) groups excluding carboxylic acids is 2. The van der Waals surface area contributed by atoms with Crippen molar-refractivity contribution in [3.05, 3.63) is 48.2 Å². The van der Waals surface area contributed by atoms with Gasteiger partial charge in [-0.15, -0.1) is 0 Å². The molecule has 0 aliphatic heterocycles. The first-order valence-corrected chi connectivity index (χ1v) is 7.53. The van der Waals surface area contributed by atoms with Crippen LogP contribution in [0.3, 0.4) is 0 Å². The van der Waals surface area contributed by atoms with Gasteiger partial charge in [0.25, 0.3) is 0 Å². The third-order valence-electron chi connectivity index (χ3n) is 3.63. The molecule has 1 N–H and O–H groups in total. The van der Waals surface area contributed by atoms with Crippen LogP contribution >= 0.6 is 0 Å². The topological polar surface area (TPSA) is 91.0 Å². The summed E-state index contributed by atoms with van der Waals surface area (Å²) in [6.07, 6.45) is 1.90. The van der Waals surface area contributed by atoms with Crippen LogP contribution in [0.15, 0.2) is 42.6 Å². The van der Waals surface area contributed by atoms with Crippen molar-refractivity contribution in [2.45, 2.75) is 25.9 Å². The van der Waals surface area contributed by atoms with Crippen molar-refractivity contribution >= 4 is 17.6 Å². The van der Waals surface area contributed by atoms with Crippen molar-refractivity contribution < 1.29 is 9.59 Å². The van der Waals surface area contributed by atoms with E-state index in [1.54, 1.807) is 23.9 Å². The highest BCUT2D eigenvalue weighted by molar-refractivity contribution is 6.39. The number of likely N-dealkylation sites (N-methyl/N-ethyl adjacent to an activating group) is 1. The zero-order valence-electron chi connectivity index (χ0n) is 13.6. The number of carbonyl (C=O) groups is 2. The Hall–Kier alpha value is -3.14. The Bertz CT molecular complexity index is 748. The van der Waals surface area contributed by atoms with Crippen molar-refractivity contribution in [2.75, 3.05) is 12.4 Å². The van der Waals surface area contributed by atoms with E-state index in [-0.39, 0.29) is 12.5 Å². The molecule has 1 aromatic carbocycles. The first-order chi connectivity index (χ1) is 11.5. The summed E-state index contributed by atoms with van der Waals surface area (Å²) in [4.78, 5) is 25.3. The Balaban J connectivity index is 1.95. The Morgan fingerprint density at radius 2 is 2.04 bits per heavy atom. The predicted octanol–water partition coefficient (Wildman–Crippen LogP) is 1.63. The molecule has 2 amide bonds. The van der Waals surface area contributed by atoms with Crippen LogP contribution < -0.4 is 5.32 Å². The van der Waals surface area contributed by atoms with Gasteiger partial charge in [0.1, 0.15) is 0 Å². The molecule has 124 valence electrons. The van der Waals surface area contributed by atoms with Crippen LogP contribution in [0.4, 0.5) is 5.82 Å². The van der Waals surface area contributed by atoms with Gasteiger partial charge in [-0.1, -0.05) is 30.3 Å². The number of nitriles is 1. The highest BCUT2D eigenvalue weighted by Crippen LogP contribution is 2.07. The first kappa shape index (κ1) is 17.2. The van der Waals surface area contributed by atoms with E-state index in [9.17, 15) is 9.59 Å². The molecule has 1 aromatic heterocycles. The van der Waals surface area contributed by atoms with E-state index in [0.29, 0.717) is 12.4 Å². The molecule has 0 spiro atoms. The monoisotopic (exact) mass is 325 g/mol. The summed E-state index contributed by atoms with van der Waals surface area (Å²) in [7, 11) is 1.50. The molecule has 2 rings (SSSR count). The molecular formula is C17H19N5O2. The average Bonchev–Trinajstić information content (AvgIpc) is 3.01. The van der Waals surface area contributed by atoms with Crippen molar-refractivity contribution in [3.63, 3.8) is 0 Å². The lowest BCUT2D eigenvalue weighted by molar-refractivity contribution is -0.143. The van der Waals surface area contributed by atoms with Gasteiger partial charge in [-0.25, -0.2) is 0 Å². The second kappa shape index (κ2) is 7.92. The molecule has 0 unspecified atom stereocenters. The molecule has 0 fully saturated rings. The Labute approximate surface area is 140 Å². The highest BCUT2D eigenvalue weighted by atomic mass is 16.2. The molecule has 0 saturated carbocycles. The minimum Gasteiger partial charge on any atom is -0.334 e. The van der Waals surface area contributed by atoms with Crippen molar-refractivity contribution in [1.29, 1.82) is 5.26 Å². The molecule has 2 aromatic rings. The van der Waals surface area contributed by atoms with Gasteiger partial charge < -0.3 is 10.2 Å². The van der Waals surface area contributed by atoms with E-state index < -0.39 is 11.8 Å². The maximum absolute atomic E-state index is 12.0. The molecule has 0 radical (unpaired) electrons. The Morgan fingerprint density at radius 3 is 2.71 bits per heavy atom. The fraction of sp³-hybridized carbons (Fsp3) is 0.294. The minimum atomic E-state index is -0.771. The van der Waals surface area contributed by atoms with Crippen LogP contribution in [0.5, 0.6) is 0 Å². The van der Waals surface area contributed by atoms with Gasteiger partial charge in [-0.3, -0.25) is 14.3 Å². The number of aromatic nitrogens is 2. The molecule has 0 aliphatic rings. The summed E-state index contributed by atoms with van der Waals surface area (Å²) < 4.78 is 1.68. The summed E-state index contributed by atoms with van der Waals surface area (Å²) in [5.41, 5.74) is 1.08. The van der Waals surface area contributed by atoms with E-state index in [2.05, 4.69) is 10.4 Å².